The van der Waals surface area contributed by atoms with E-state index >= 15 is 0 Å². The first kappa shape index (κ1) is 25.7. The molecule has 0 amide bonds. The van der Waals surface area contributed by atoms with Gasteiger partial charge in [-0.2, -0.15) is 0 Å². The van der Waals surface area contributed by atoms with Crippen molar-refractivity contribution in [1.29, 1.82) is 0 Å². The monoisotopic (exact) mass is 518 g/mol. The number of alkyl halides is 1. The molecule has 3 rings (SSSR count). The van der Waals surface area contributed by atoms with Crippen molar-refractivity contribution in [2.45, 2.75) is 89.8 Å². The van der Waals surface area contributed by atoms with Gasteiger partial charge in [0, 0.05) is 0 Å². The largest absolute Gasteiger partial charge is 0.492 e. The number of esters is 1. The van der Waals surface area contributed by atoms with Crippen LogP contribution < -0.4 is 4.74 Å². The standard InChI is InChI=1S/C28H36BrFO3/c1-3-5-7-26(30)28(31)33-24-15-12-21(13-16-24)20-8-10-22(11-9-20)23-14-17-27(25(29)19-23)32-18-6-4-2/h8-11,14,17,19,21,24,26H,3-7,12-13,15-16,18H2,1-2H3/t21?,24?,26-/m0/s1. The molecule has 5 heteroatoms. The minimum absolute atomic E-state index is 0.150. The van der Waals surface area contributed by atoms with Crippen molar-refractivity contribution >= 4 is 21.9 Å². The summed E-state index contributed by atoms with van der Waals surface area (Å²) < 4.78 is 26.1. The van der Waals surface area contributed by atoms with Gasteiger partial charge in [0.2, 0.25) is 0 Å². The number of carbonyl (C=O) groups excluding carboxylic acids is 1. The highest BCUT2D eigenvalue weighted by Crippen LogP contribution is 2.36. The summed E-state index contributed by atoms with van der Waals surface area (Å²) in [6.07, 6.45) is 5.91. The molecule has 0 saturated heterocycles. The average Bonchev–Trinajstić information content (AvgIpc) is 2.84. The zero-order chi connectivity index (χ0) is 23.6. The molecule has 1 atom stereocenters. The van der Waals surface area contributed by atoms with Crippen LogP contribution >= 0.6 is 15.9 Å². The second kappa shape index (κ2) is 13.1. The maximum atomic E-state index is 13.9. The van der Waals surface area contributed by atoms with Crippen LogP contribution in [0.25, 0.3) is 11.1 Å². The molecule has 1 aliphatic rings. The Kier molecular flexibility index (Phi) is 10.2. The van der Waals surface area contributed by atoms with E-state index in [-0.39, 0.29) is 12.5 Å². The average molecular weight is 519 g/mol. The quantitative estimate of drug-likeness (QED) is 0.221. The van der Waals surface area contributed by atoms with Crippen LogP contribution in [-0.2, 0) is 9.53 Å². The molecule has 2 aromatic carbocycles. The van der Waals surface area contributed by atoms with E-state index in [4.69, 9.17) is 9.47 Å². The molecule has 3 nitrogen and oxygen atoms in total. The summed E-state index contributed by atoms with van der Waals surface area (Å²) in [6.45, 7) is 4.88. The van der Waals surface area contributed by atoms with E-state index in [1.165, 1.54) is 11.1 Å². The van der Waals surface area contributed by atoms with Gasteiger partial charge in [0.15, 0.2) is 6.17 Å². The fourth-order valence-electron chi connectivity index (χ4n) is 4.32. The van der Waals surface area contributed by atoms with Crippen LogP contribution in [0.15, 0.2) is 46.9 Å². The molecule has 0 unspecified atom stereocenters. The van der Waals surface area contributed by atoms with Gasteiger partial charge in [-0.3, -0.25) is 0 Å². The number of hydrogen-bond donors (Lipinski definition) is 0. The lowest BCUT2D eigenvalue weighted by Gasteiger charge is -2.29. The van der Waals surface area contributed by atoms with Gasteiger partial charge in [-0.25, -0.2) is 9.18 Å². The summed E-state index contributed by atoms with van der Waals surface area (Å²) in [6, 6.07) is 15.0. The zero-order valence-corrected chi connectivity index (χ0v) is 21.4. The number of rotatable bonds is 11. The van der Waals surface area contributed by atoms with Crippen molar-refractivity contribution in [3.63, 3.8) is 0 Å². The summed E-state index contributed by atoms with van der Waals surface area (Å²) in [5.41, 5.74) is 3.63. The fourth-order valence-corrected chi connectivity index (χ4v) is 4.82. The second-order valence-corrected chi connectivity index (χ2v) is 9.84. The van der Waals surface area contributed by atoms with Gasteiger partial charge < -0.3 is 9.47 Å². The van der Waals surface area contributed by atoms with Gasteiger partial charge >= 0.3 is 5.97 Å². The maximum absolute atomic E-state index is 13.9. The highest BCUT2D eigenvalue weighted by Gasteiger charge is 2.27. The van der Waals surface area contributed by atoms with Gasteiger partial charge in [0.25, 0.3) is 0 Å². The summed E-state index contributed by atoms with van der Waals surface area (Å²) in [4.78, 5) is 11.9. The number of ether oxygens (including phenoxy) is 2. The number of halogens is 2. The van der Waals surface area contributed by atoms with E-state index in [1.54, 1.807) is 0 Å². The molecule has 0 heterocycles. The molecule has 180 valence electrons. The van der Waals surface area contributed by atoms with Gasteiger partial charge in [0.1, 0.15) is 11.9 Å². The van der Waals surface area contributed by atoms with Gasteiger partial charge in [-0.05, 0) is 89.2 Å². The molecule has 1 saturated carbocycles. The van der Waals surface area contributed by atoms with E-state index in [0.717, 1.165) is 67.3 Å². The van der Waals surface area contributed by atoms with Crippen molar-refractivity contribution in [2.75, 3.05) is 6.61 Å². The number of unbranched alkanes of at least 4 members (excludes halogenated alkanes) is 2. The highest BCUT2D eigenvalue weighted by atomic mass is 79.9. The summed E-state index contributed by atoms with van der Waals surface area (Å²) in [5.74, 6) is 0.659. The molecule has 1 aliphatic carbocycles. The molecular weight excluding hydrogens is 483 g/mol. The van der Waals surface area contributed by atoms with Gasteiger partial charge in [-0.1, -0.05) is 63.4 Å². The molecule has 0 aromatic heterocycles. The molecule has 33 heavy (non-hydrogen) atoms. The lowest BCUT2D eigenvalue weighted by molar-refractivity contribution is -0.157. The zero-order valence-electron chi connectivity index (χ0n) is 19.8. The molecule has 0 bridgehead atoms. The van der Waals surface area contributed by atoms with Crippen LogP contribution in [-0.4, -0.2) is 24.9 Å². The third-order valence-electron chi connectivity index (χ3n) is 6.43. The predicted molar refractivity (Wildman–Crippen MR) is 135 cm³/mol. The highest BCUT2D eigenvalue weighted by molar-refractivity contribution is 9.10. The van der Waals surface area contributed by atoms with E-state index in [9.17, 15) is 9.18 Å². The van der Waals surface area contributed by atoms with Crippen molar-refractivity contribution in [1.82, 2.24) is 0 Å². The molecule has 2 aromatic rings. The van der Waals surface area contributed by atoms with E-state index in [1.807, 2.05) is 13.0 Å². The Balaban J connectivity index is 1.52. The summed E-state index contributed by atoms with van der Waals surface area (Å²) in [7, 11) is 0. The van der Waals surface area contributed by atoms with Crippen LogP contribution in [0.2, 0.25) is 0 Å². The maximum Gasteiger partial charge on any atom is 0.340 e. The Bertz CT molecular complexity index is 875. The van der Waals surface area contributed by atoms with Gasteiger partial charge in [0.05, 0.1) is 11.1 Å². The molecule has 0 aliphatic heterocycles. The molecule has 1 fully saturated rings. The SMILES string of the molecule is CCCCOc1ccc(-c2ccc(C3CCC(OC(=O)[C@@H](F)CCCC)CC3)cc2)cc1Br. The van der Waals surface area contributed by atoms with Crippen LogP contribution in [0.4, 0.5) is 4.39 Å². The van der Waals surface area contributed by atoms with Crippen molar-refractivity contribution in [3.05, 3.63) is 52.5 Å². The van der Waals surface area contributed by atoms with E-state index < -0.39 is 12.1 Å². The minimum Gasteiger partial charge on any atom is -0.492 e. The van der Waals surface area contributed by atoms with Crippen molar-refractivity contribution < 1.29 is 18.7 Å². The normalized spacial score (nSPS) is 19.2. The number of benzene rings is 2. The second-order valence-electron chi connectivity index (χ2n) is 8.99. The topological polar surface area (TPSA) is 35.5 Å². The first-order valence-electron chi connectivity index (χ1n) is 12.4. The van der Waals surface area contributed by atoms with Crippen LogP contribution in [0.3, 0.4) is 0 Å². The first-order chi connectivity index (χ1) is 16.0. The minimum atomic E-state index is -1.48. The molecular formula is C28H36BrFO3. The molecule has 0 spiro atoms. The third kappa shape index (κ3) is 7.56. The molecule has 0 N–H and O–H groups in total. The fraction of sp³-hybridized carbons (Fsp3) is 0.536. The first-order valence-corrected chi connectivity index (χ1v) is 13.2. The third-order valence-corrected chi connectivity index (χ3v) is 7.05. The summed E-state index contributed by atoms with van der Waals surface area (Å²) >= 11 is 3.63. The van der Waals surface area contributed by atoms with E-state index in [2.05, 4.69) is 59.3 Å². The van der Waals surface area contributed by atoms with Crippen molar-refractivity contribution in [2.24, 2.45) is 0 Å². The Hall–Kier alpha value is -1.88. The number of hydrogen-bond acceptors (Lipinski definition) is 3. The van der Waals surface area contributed by atoms with Crippen LogP contribution in [0.1, 0.15) is 83.1 Å². The predicted octanol–water partition coefficient (Wildman–Crippen LogP) is 8.39. The van der Waals surface area contributed by atoms with Gasteiger partial charge in [-0.15, -0.1) is 0 Å². The molecule has 0 radical (unpaired) electrons. The Morgan fingerprint density at radius 1 is 1.00 bits per heavy atom. The number of carbonyl (C=O) groups is 1. The Morgan fingerprint density at radius 2 is 1.67 bits per heavy atom. The lowest BCUT2D eigenvalue weighted by Crippen LogP contribution is -2.28. The van der Waals surface area contributed by atoms with Crippen LogP contribution in [0.5, 0.6) is 5.75 Å². The summed E-state index contributed by atoms with van der Waals surface area (Å²) in [5, 5.41) is 0. The smallest absolute Gasteiger partial charge is 0.340 e. The Labute approximate surface area is 206 Å². The lowest BCUT2D eigenvalue weighted by atomic mass is 9.82. The van der Waals surface area contributed by atoms with Crippen molar-refractivity contribution in [3.8, 4) is 16.9 Å². The Morgan fingerprint density at radius 3 is 2.30 bits per heavy atom. The van der Waals surface area contributed by atoms with Crippen LogP contribution in [0, 0.1) is 0 Å². The van der Waals surface area contributed by atoms with E-state index in [0.29, 0.717) is 12.3 Å².